The molecule has 4 nitrogen and oxygen atoms in total. The molecule has 0 radical (unpaired) electrons. The highest BCUT2D eigenvalue weighted by atomic mass is 16.5. The third kappa shape index (κ3) is 2.08. The second kappa shape index (κ2) is 4.30. The number of hydrogen-bond acceptors (Lipinski definition) is 4. The number of benzene rings is 1. The Hall–Kier alpha value is -1.68. The standard InChI is InChI=1S/C13H15N3O/c1-9-2-4-10(5-3-9)12-15-13(17-16-12)11-6-7-14-8-11/h2-5,11,14H,6-8H2,1H3. The summed E-state index contributed by atoms with van der Waals surface area (Å²) < 4.78 is 5.33. The number of hydrogen-bond donors (Lipinski definition) is 1. The van der Waals surface area contributed by atoms with Gasteiger partial charge in [-0.25, -0.2) is 0 Å². The van der Waals surface area contributed by atoms with Gasteiger partial charge >= 0.3 is 0 Å². The van der Waals surface area contributed by atoms with Crippen molar-refractivity contribution in [3.63, 3.8) is 0 Å². The molecular formula is C13H15N3O. The van der Waals surface area contributed by atoms with Gasteiger partial charge in [0.15, 0.2) is 0 Å². The lowest BCUT2D eigenvalue weighted by atomic mass is 10.1. The van der Waals surface area contributed by atoms with E-state index >= 15 is 0 Å². The summed E-state index contributed by atoms with van der Waals surface area (Å²) in [6, 6.07) is 8.17. The first-order valence-corrected chi connectivity index (χ1v) is 5.94. The number of nitrogens with zero attached hydrogens (tertiary/aromatic N) is 2. The van der Waals surface area contributed by atoms with E-state index in [1.165, 1.54) is 5.56 Å². The van der Waals surface area contributed by atoms with E-state index in [2.05, 4.69) is 34.5 Å². The topological polar surface area (TPSA) is 51.0 Å². The molecule has 1 N–H and O–H groups in total. The molecule has 0 bridgehead atoms. The fourth-order valence-electron chi connectivity index (χ4n) is 2.09. The Morgan fingerprint density at radius 2 is 2.12 bits per heavy atom. The van der Waals surface area contributed by atoms with Crippen molar-refractivity contribution in [2.75, 3.05) is 13.1 Å². The third-order valence-electron chi connectivity index (χ3n) is 3.16. The molecule has 1 saturated heterocycles. The van der Waals surface area contributed by atoms with Gasteiger partial charge in [0.2, 0.25) is 11.7 Å². The molecular weight excluding hydrogens is 214 g/mol. The Morgan fingerprint density at radius 3 is 2.82 bits per heavy atom. The van der Waals surface area contributed by atoms with Gasteiger partial charge in [-0.2, -0.15) is 4.98 Å². The maximum atomic E-state index is 5.33. The fraction of sp³-hybridized carbons (Fsp3) is 0.385. The van der Waals surface area contributed by atoms with Crippen LogP contribution in [0.2, 0.25) is 0 Å². The predicted octanol–water partition coefficient (Wildman–Crippen LogP) is 2.12. The Kier molecular flexibility index (Phi) is 2.65. The summed E-state index contributed by atoms with van der Waals surface area (Å²) in [5.74, 6) is 1.82. The lowest BCUT2D eigenvalue weighted by molar-refractivity contribution is 0.359. The maximum absolute atomic E-state index is 5.33. The van der Waals surface area contributed by atoms with Crippen molar-refractivity contribution in [3.05, 3.63) is 35.7 Å². The Labute approximate surface area is 100 Å². The van der Waals surface area contributed by atoms with Crippen LogP contribution in [0.1, 0.15) is 23.8 Å². The molecule has 1 aliphatic heterocycles. The largest absolute Gasteiger partial charge is 0.339 e. The summed E-state index contributed by atoms with van der Waals surface area (Å²) in [5, 5.41) is 7.35. The van der Waals surface area contributed by atoms with Crippen LogP contribution in [0.5, 0.6) is 0 Å². The normalized spacial score (nSPS) is 19.7. The summed E-state index contributed by atoms with van der Waals surface area (Å²) in [7, 11) is 0. The van der Waals surface area contributed by atoms with Crippen molar-refractivity contribution in [2.45, 2.75) is 19.3 Å². The second-order valence-electron chi connectivity index (χ2n) is 4.51. The van der Waals surface area contributed by atoms with E-state index in [-0.39, 0.29) is 0 Å². The highest BCUT2D eigenvalue weighted by Gasteiger charge is 2.22. The van der Waals surface area contributed by atoms with Crippen LogP contribution in [0.15, 0.2) is 28.8 Å². The zero-order valence-corrected chi connectivity index (χ0v) is 9.81. The van der Waals surface area contributed by atoms with Crippen LogP contribution < -0.4 is 5.32 Å². The van der Waals surface area contributed by atoms with E-state index in [0.717, 1.165) is 31.0 Å². The molecule has 1 aromatic heterocycles. The first-order valence-electron chi connectivity index (χ1n) is 5.94. The molecule has 0 spiro atoms. The summed E-state index contributed by atoms with van der Waals surface area (Å²) in [5.41, 5.74) is 2.24. The van der Waals surface area contributed by atoms with Gasteiger partial charge in [0.1, 0.15) is 0 Å². The van der Waals surface area contributed by atoms with Crippen LogP contribution >= 0.6 is 0 Å². The SMILES string of the molecule is Cc1ccc(-c2noc(C3CCNC3)n2)cc1. The lowest BCUT2D eigenvalue weighted by Gasteiger charge is -1.98. The van der Waals surface area contributed by atoms with Crippen LogP contribution in [0.25, 0.3) is 11.4 Å². The van der Waals surface area contributed by atoms with Crippen LogP contribution in [0.4, 0.5) is 0 Å². The van der Waals surface area contributed by atoms with Crippen molar-refractivity contribution in [1.29, 1.82) is 0 Å². The summed E-state index contributed by atoms with van der Waals surface area (Å²) in [6.45, 7) is 4.04. The molecule has 3 rings (SSSR count). The molecule has 0 aliphatic carbocycles. The van der Waals surface area contributed by atoms with Gasteiger partial charge in [0, 0.05) is 12.1 Å². The first kappa shape index (κ1) is 10.5. The van der Waals surface area contributed by atoms with Crippen molar-refractivity contribution in [2.24, 2.45) is 0 Å². The van der Waals surface area contributed by atoms with Gasteiger partial charge in [0.05, 0.1) is 5.92 Å². The average Bonchev–Trinajstić information content (AvgIpc) is 3.00. The molecule has 88 valence electrons. The summed E-state index contributed by atoms with van der Waals surface area (Å²) in [4.78, 5) is 4.47. The van der Waals surface area contributed by atoms with Gasteiger partial charge in [-0.15, -0.1) is 0 Å². The Bertz CT molecular complexity index is 498. The average molecular weight is 229 g/mol. The minimum absolute atomic E-state index is 0.377. The monoisotopic (exact) mass is 229 g/mol. The number of nitrogens with one attached hydrogen (secondary N) is 1. The van der Waals surface area contributed by atoms with Crippen molar-refractivity contribution >= 4 is 0 Å². The molecule has 2 heterocycles. The van der Waals surface area contributed by atoms with Crippen molar-refractivity contribution < 1.29 is 4.52 Å². The van der Waals surface area contributed by atoms with E-state index in [4.69, 9.17) is 4.52 Å². The van der Waals surface area contributed by atoms with Crippen LogP contribution in [-0.2, 0) is 0 Å². The molecule has 1 fully saturated rings. The smallest absolute Gasteiger partial charge is 0.231 e. The Morgan fingerprint density at radius 1 is 1.29 bits per heavy atom. The van der Waals surface area contributed by atoms with E-state index in [0.29, 0.717) is 11.7 Å². The number of aryl methyl sites for hydroxylation is 1. The van der Waals surface area contributed by atoms with Gasteiger partial charge in [-0.3, -0.25) is 0 Å². The molecule has 1 aromatic carbocycles. The molecule has 1 unspecified atom stereocenters. The highest BCUT2D eigenvalue weighted by molar-refractivity contribution is 5.54. The minimum atomic E-state index is 0.377. The zero-order valence-electron chi connectivity index (χ0n) is 9.81. The predicted molar refractivity (Wildman–Crippen MR) is 64.7 cm³/mol. The van der Waals surface area contributed by atoms with Crippen molar-refractivity contribution in [1.82, 2.24) is 15.5 Å². The molecule has 1 aliphatic rings. The number of aromatic nitrogens is 2. The minimum Gasteiger partial charge on any atom is -0.339 e. The zero-order chi connectivity index (χ0) is 11.7. The molecule has 17 heavy (non-hydrogen) atoms. The van der Waals surface area contributed by atoms with Crippen LogP contribution in [-0.4, -0.2) is 23.2 Å². The van der Waals surface area contributed by atoms with Gasteiger partial charge in [0.25, 0.3) is 0 Å². The van der Waals surface area contributed by atoms with E-state index < -0.39 is 0 Å². The summed E-state index contributed by atoms with van der Waals surface area (Å²) >= 11 is 0. The Balaban J connectivity index is 1.86. The first-order chi connectivity index (χ1) is 8.33. The molecule has 1 atom stereocenters. The van der Waals surface area contributed by atoms with Crippen LogP contribution in [0.3, 0.4) is 0 Å². The van der Waals surface area contributed by atoms with Gasteiger partial charge < -0.3 is 9.84 Å². The second-order valence-corrected chi connectivity index (χ2v) is 4.51. The lowest BCUT2D eigenvalue weighted by Crippen LogP contribution is -2.08. The molecule has 2 aromatic rings. The number of rotatable bonds is 2. The summed E-state index contributed by atoms with van der Waals surface area (Å²) in [6.07, 6.45) is 1.08. The van der Waals surface area contributed by atoms with Gasteiger partial charge in [-0.05, 0) is 19.9 Å². The third-order valence-corrected chi connectivity index (χ3v) is 3.16. The van der Waals surface area contributed by atoms with Crippen molar-refractivity contribution in [3.8, 4) is 11.4 Å². The van der Waals surface area contributed by atoms with E-state index in [1.54, 1.807) is 0 Å². The molecule has 0 amide bonds. The highest BCUT2D eigenvalue weighted by Crippen LogP contribution is 2.23. The van der Waals surface area contributed by atoms with Gasteiger partial charge in [-0.1, -0.05) is 35.0 Å². The van der Waals surface area contributed by atoms with E-state index in [9.17, 15) is 0 Å². The van der Waals surface area contributed by atoms with E-state index in [1.807, 2.05) is 12.1 Å². The molecule has 4 heteroatoms. The molecule has 0 saturated carbocycles. The quantitative estimate of drug-likeness (QED) is 0.857. The fourth-order valence-corrected chi connectivity index (χ4v) is 2.09. The van der Waals surface area contributed by atoms with Crippen LogP contribution in [0, 0.1) is 6.92 Å². The maximum Gasteiger partial charge on any atom is 0.231 e.